The highest BCUT2D eigenvalue weighted by atomic mass is 32.2. The Hall–Kier alpha value is -0.940. The molecule has 0 amide bonds. The minimum absolute atomic E-state index is 0.102. The third-order valence-corrected chi connectivity index (χ3v) is 1.75. The number of rotatable bonds is 1. The summed E-state index contributed by atoms with van der Waals surface area (Å²) in [6.07, 6.45) is 1.37. The lowest BCUT2D eigenvalue weighted by molar-refractivity contribution is 0.594. The van der Waals surface area contributed by atoms with Gasteiger partial charge in [-0.3, -0.25) is 0 Å². The van der Waals surface area contributed by atoms with Gasteiger partial charge in [0.05, 0.1) is 0 Å². The zero-order valence-corrected chi connectivity index (χ0v) is 9.45. The van der Waals surface area contributed by atoms with E-state index < -0.39 is 10.0 Å². The minimum atomic E-state index is -3.61. The van der Waals surface area contributed by atoms with Crippen LogP contribution in [0.3, 0.4) is 0 Å². The van der Waals surface area contributed by atoms with E-state index in [1.54, 1.807) is 12.1 Å². The van der Waals surface area contributed by atoms with Gasteiger partial charge in [-0.05, 0) is 18.1 Å². The molecule has 1 aromatic rings. The standard InChI is InChI=1S/C5H6N2O2S.C4H10/c6-10(8,9)5-3-1-2-4-7-5;1-4(2)3/h1-4H,(H2,6,8,9);4H,1-3H3. The van der Waals surface area contributed by atoms with Crippen molar-refractivity contribution in [3.05, 3.63) is 24.4 Å². The second kappa shape index (κ2) is 5.72. The van der Waals surface area contributed by atoms with Gasteiger partial charge >= 0.3 is 0 Å². The van der Waals surface area contributed by atoms with Gasteiger partial charge in [-0.1, -0.05) is 26.8 Å². The summed E-state index contributed by atoms with van der Waals surface area (Å²) in [6, 6.07) is 4.52. The Bertz CT molecular complexity index is 344. The second-order valence-electron chi connectivity index (χ2n) is 3.45. The molecule has 0 saturated heterocycles. The van der Waals surface area contributed by atoms with E-state index in [9.17, 15) is 8.42 Å². The summed E-state index contributed by atoms with van der Waals surface area (Å²) in [4.78, 5) is 3.54. The normalized spacial score (nSPS) is 10.6. The molecule has 1 aromatic heterocycles. The molecule has 0 bridgehead atoms. The average Bonchev–Trinajstić information content (AvgIpc) is 2.03. The average molecular weight is 216 g/mol. The molecular formula is C9H16N2O2S. The van der Waals surface area contributed by atoms with Crippen LogP contribution in [0, 0.1) is 5.92 Å². The van der Waals surface area contributed by atoms with Crippen molar-refractivity contribution >= 4 is 10.0 Å². The predicted octanol–water partition coefficient (Wildman–Crippen LogP) is 1.39. The van der Waals surface area contributed by atoms with Crippen LogP contribution in [0.5, 0.6) is 0 Å². The fraction of sp³-hybridized carbons (Fsp3) is 0.444. The van der Waals surface area contributed by atoms with Gasteiger partial charge in [-0.25, -0.2) is 18.5 Å². The van der Waals surface area contributed by atoms with Crippen LogP contribution in [0.25, 0.3) is 0 Å². The highest BCUT2D eigenvalue weighted by Crippen LogP contribution is 1.98. The maximum atomic E-state index is 10.5. The Kier molecular flexibility index (Phi) is 5.34. The first-order valence-corrected chi connectivity index (χ1v) is 5.82. The minimum Gasteiger partial charge on any atom is -0.243 e. The quantitative estimate of drug-likeness (QED) is 0.771. The van der Waals surface area contributed by atoms with Gasteiger partial charge in [-0.2, -0.15) is 0 Å². The number of nitrogens with two attached hydrogens (primary N) is 1. The highest BCUT2D eigenvalue weighted by molar-refractivity contribution is 7.89. The largest absolute Gasteiger partial charge is 0.255 e. The Balaban J connectivity index is 0.000000364. The summed E-state index contributed by atoms with van der Waals surface area (Å²) in [5.41, 5.74) is 0. The second-order valence-corrected chi connectivity index (χ2v) is 4.95. The molecule has 1 rings (SSSR count). The lowest BCUT2D eigenvalue weighted by Crippen LogP contribution is -2.13. The van der Waals surface area contributed by atoms with Gasteiger partial charge in [0, 0.05) is 6.20 Å². The van der Waals surface area contributed by atoms with Crippen molar-refractivity contribution in [2.24, 2.45) is 11.1 Å². The maximum Gasteiger partial charge on any atom is 0.255 e. The first kappa shape index (κ1) is 13.1. The van der Waals surface area contributed by atoms with E-state index >= 15 is 0 Å². The van der Waals surface area contributed by atoms with Gasteiger partial charge in [0.2, 0.25) is 0 Å². The van der Waals surface area contributed by atoms with Crippen molar-refractivity contribution < 1.29 is 8.42 Å². The molecular weight excluding hydrogens is 200 g/mol. The third kappa shape index (κ3) is 6.56. The van der Waals surface area contributed by atoms with Crippen LogP contribution >= 0.6 is 0 Å². The van der Waals surface area contributed by atoms with E-state index in [1.807, 2.05) is 0 Å². The Morgan fingerprint density at radius 3 is 2.00 bits per heavy atom. The number of aromatic nitrogens is 1. The molecule has 80 valence electrons. The number of hydrogen-bond donors (Lipinski definition) is 1. The van der Waals surface area contributed by atoms with E-state index in [0.717, 1.165) is 5.92 Å². The molecule has 14 heavy (non-hydrogen) atoms. The maximum absolute atomic E-state index is 10.5. The van der Waals surface area contributed by atoms with Crippen LogP contribution < -0.4 is 5.14 Å². The van der Waals surface area contributed by atoms with Crippen molar-refractivity contribution in [3.8, 4) is 0 Å². The SMILES string of the molecule is CC(C)C.NS(=O)(=O)c1ccccn1. The molecule has 0 unspecified atom stereocenters. The molecule has 0 aromatic carbocycles. The van der Waals surface area contributed by atoms with Crippen LogP contribution in [0.2, 0.25) is 0 Å². The first-order chi connectivity index (χ1) is 6.34. The molecule has 0 aliphatic carbocycles. The van der Waals surface area contributed by atoms with E-state index in [4.69, 9.17) is 5.14 Å². The molecule has 0 spiro atoms. The van der Waals surface area contributed by atoms with Crippen LogP contribution in [-0.2, 0) is 10.0 Å². The van der Waals surface area contributed by atoms with Gasteiger partial charge in [-0.15, -0.1) is 0 Å². The molecule has 0 atom stereocenters. The predicted molar refractivity (Wildman–Crippen MR) is 56.1 cm³/mol. The van der Waals surface area contributed by atoms with Gasteiger partial charge in [0.25, 0.3) is 10.0 Å². The topological polar surface area (TPSA) is 73.1 Å². The first-order valence-electron chi connectivity index (χ1n) is 4.28. The molecule has 0 aliphatic heterocycles. The fourth-order valence-electron chi connectivity index (χ4n) is 0.515. The van der Waals surface area contributed by atoms with Crippen LogP contribution in [-0.4, -0.2) is 13.4 Å². The molecule has 0 aliphatic rings. The van der Waals surface area contributed by atoms with Crippen molar-refractivity contribution in [2.75, 3.05) is 0 Å². The number of nitrogens with zero attached hydrogens (tertiary/aromatic N) is 1. The third-order valence-electron chi connectivity index (χ3n) is 0.929. The smallest absolute Gasteiger partial charge is 0.243 e. The number of primary sulfonamides is 1. The van der Waals surface area contributed by atoms with E-state index in [1.165, 1.54) is 12.3 Å². The Morgan fingerprint density at radius 1 is 1.29 bits per heavy atom. The molecule has 0 saturated carbocycles. The lowest BCUT2D eigenvalue weighted by Gasteiger charge is -1.92. The zero-order chi connectivity index (χ0) is 11.2. The molecule has 5 heteroatoms. The van der Waals surface area contributed by atoms with Gasteiger partial charge in [0.1, 0.15) is 0 Å². The van der Waals surface area contributed by atoms with E-state index in [2.05, 4.69) is 25.8 Å². The molecule has 0 fully saturated rings. The van der Waals surface area contributed by atoms with E-state index in [0.29, 0.717) is 0 Å². The van der Waals surface area contributed by atoms with Crippen molar-refractivity contribution in [3.63, 3.8) is 0 Å². The van der Waals surface area contributed by atoms with Crippen molar-refractivity contribution in [1.82, 2.24) is 4.98 Å². The lowest BCUT2D eigenvalue weighted by atomic mass is 10.3. The van der Waals surface area contributed by atoms with Crippen LogP contribution in [0.15, 0.2) is 29.4 Å². The monoisotopic (exact) mass is 216 g/mol. The number of hydrogen-bond acceptors (Lipinski definition) is 3. The van der Waals surface area contributed by atoms with Crippen LogP contribution in [0.4, 0.5) is 0 Å². The van der Waals surface area contributed by atoms with Gasteiger partial charge in [0.15, 0.2) is 5.03 Å². The summed E-state index contributed by atoms with van der Waals surface area (Å²) < 4.78 is 21.1. The Morgan fingerprint density at radius 2 is 1.79 bits per heavy atom. The zero-order valence-electron chi connectivity index (χ0n) is 8.64. The highest BCUT2D eigenvalue weighted by Gasteiger charge is 2.05. The molecule has 0 radical (unpaired) electrons. The summed E-state index contributed by atoms with van der Waals surface area (Å²) >= 11 is 0. The van der Waals surface area contributed by atoms with Crippen molar-refractivity contribution in [1.29, 1.82) is 0 Å². The summed E-state index contributed by atoms with van der Waals surface area (Å²) in [6.45, 7) is 6.50. The summed E-state index contributed by atoms with van der Waals surface area (Å²) in [7, 11) is -3.61. The molecule has 4 nitrogen and oxygen atoms in total. The van der Waals surface area contributed by atoms with E-state index in [-0.39, 0.29) is 5.03 Å². The molecule has 2 N–H and O–H groups in total. The fourth-order valence-corrected chi connectivity index (χ4v) is 0.991. The Labute approximate surface area is 85.2 Å². The summed E-state index contributed by atoms with van der Waals surface area (Å²) in [5, 5.41) is 4.66. The van der Waals surface area contributed by atoms with Gasteiger partial charge < -0.3 is 0 Å². The number of pyridine rings is 1. The van der Waals surface area contributed by atoms with Crippen LogP contribution in [0.1, 0.15) is 20.8 Å². The van der Waals surface area contributed by atoms with Crippen molar-refractivity contribution in [2.45, 2.75) is 25.8 Å². The summed E-state index contributed by atoms with van der Waals surface area (Å²) in [5.74, 6) is 0.833. The molecule has 1 heterocycles. The number of sulfonamides is 1.